The largest absolute Gasteiger partial charge is 0.395 e. The minimum Gasteiger partial charge on any atom is -0.395 e. The molecule has 2 saturated heterocycles. The third-order valence-corrected chi connectivity index (χ3v) is 4.13. The lowest BCUT2D eigenvalue weighted by Gasteiger charge is -2.26. The summed E-state index contributed by atoms with van der Waals surface area (Å²) in [5.74, 6) is 0. The van der Waals surface area contributed by atoms with Crippen LogP contribution in [0.3, 0.4) is 0 Å². The Kier molecular flexibility index (Phi) is 4.00. The van der Waals surface area contributed by atoms with E-state index in [2.05, 4.69) is 16.8 Å². The number of hydrogen-bond acceptors (Lipinski definition) is 3. The van der Waals surface area contributed by atoms with Crippen molar-refractivity contribution in [1.29, 1.82) is 0 Å². The van der Waals surface area contributed by atoms with Gasteiger partial charge in [-0.1, -0.05) is 0 Å². The number of likely N-dealkylation sites (tertiary alicyclic amines) is 2. The van der Waals surface area contributed by atoms with Crippen LogP contribution >= 0.6 is 0 Å². The Morgan fingerprint density at radius 2 is 1.87 bits per heavy atom. The number of rotatable bonds is 4. The molecular formula is C12H24N2O. The lowest BCUT2D eigenvalue weighted by atomic mass is 10.1. The topological polar surface area (TPSA) is 26.7 Å². The summed E-state index contributed by atoms with van der Waals surface area (Å²) in [4.78, 5) is 4.97. The number of nitrogens with zero attached hydrogens (tertiary/aromatic N) is 2. The van der Waals surface area contributed by atoms with Crippen molar-refractivity contribution in [1.82, 2.24) is 9.80 Å². The normalized spacial score (nSPS) is 34.0. The first kappa shape index (κ1) is 11.4. The first-order chi connectivity index (χ1) is 7.31. The molecule has 3 nitrogen and oxygen atoms in total. The zero-order valence-electron chi connectivity index (χ0n) is 9.86. The van der Waals surface area contributed by atoms with Crippen molar-refractivity contribution in [3.63, 3.8) is 0 Å². The second-order valence-corrected chi connectivity index (χ2v) is 5.08. The van der Waals surface area contributed by atoms with E-state index in [4.69, 9.17) is 0 Å². The van der Waals surface area contributed by atoms with E-state index < -0.39 is 0 Å². The predicted molar refractivity (Wildman–Crippen MR) is 61.9 cm³/mol. The maximum atomic E-state index is 9.23. The van der Waals surface area contributed by atoms with Crippen molar-refractivity contribution >= 4 is 0 Å². The molecule has 0 unspecified atom stereocenters. The molecule has 0 aromatic heterocycles. The highest BCUT2D eigenvalue weighted by Gasteiger charge is 2.26. The van der Waals surface area contributed by atoms with Crippen molar-refractivity contribution in [2.45, 2.75) is 44.2 Å². The fourth-order valence-corrected chi connectivity index (χ4v) is 3.06. The first-order valence-electron chi connectivity index (χ1n) is 6.36. The smallest absolute Gasteiger partial charge is 0.0586 e. The highest BCUT2D eigenvalue weighted by molar-refractivity contribution is 4.82. The maximum absolute atomic E-state index is 9.23. The van der Waals surface area contributed by atoms with Gasteiger partial charge in [-0.2, -0.15) is 0 Å². The lowest BCUT2D eigenvalue weighted by molar-refractivity contribution is 0.147. The van der Waals surface area contributed by atoms with Crippen molar-refractivity contribution in [3.05, 3.63) is 0 Å². The van der Waals surface area contributed by atoms with Crippen LogP contribution in [-0.4, -0.2) is 60.3 Å². The third-order valence-electron chi connectivity index (χ3n) is 4.13. The molecule has 15 heavy (non-hydrogen) atoms. The molecule has 0 aliphatic carbocycles. The molecule has 88 valence electrons. The fraction of sp³-hybridized carbons (Fsp3) is 1.00. The molecule has 0 radical (unpaired) electrons. The molecule has 0 spiro atoms. The number of hydrogen-bond donors (Lipinski definition) is 1. The zero-order chi connectivity index (χ0) is 10.7. The van der Waals surface area contributed by atoms with Crippen LogP contribution in [0, 0.1) is 0 Å². The first-order valence-corrected chi connectivity index (χ1v) is 6.36. The Bertz CT molecular complexity index is 198. The number of aliphatic hydroxyl groups is 1. The zero-order valence-corrected chi connectivity index (χ0v) is 9.86. The molecule has 2 fully saturated rings. The quantitative estimate of drug-likeness (QED) is 0.751. The van der Waals surface area contributed by atoms with E-state index in [0.717, 1.165) is 6.04 Å². The molecular weight excluding hydrogens is 188 g/mol. The Hall–Kier alpha value is -0.120. The highest BCUT2D eigenvalue weighted by Crippen LogP contribution is 2.21. The summed E-state index contributed by atoms with van der Waals surface area (Å²) in [6.07, 6.45) is 6.48. The average molecular weight is 212 g/mol. The number of aliphatic hydroxyl groups excluding tert-OH is 1. The van der Waals surface area contributed by atoms with E-state index >= 15 is 0 Å². The van der Waals surface area contributed by atoms with Gasteiger partial charge in [0, 0.05) is 18.6 Å². The van der Waals surface area contributed by atoms with Crippen LogP contribution in [0.1, 0.15) is 32.1 Å². The highest BCUT2D eigenvalue weighted by atomic mass is 16.3. The molecule has 3 heteroatoms. The van der Waals surface area contributed by atoms with Gasteiger partial charge < -0.3 is 10.0 Å². The van der Waals surface area contributed by atoms with Gasteiger partial charge in [-0.25, -0.2) is 0 Å². The molecule has 2 heterocycles. The summed E-state index contributed by atoms with van der Waals surface area (Å²) in [7, 11) is 2.24. The molecule has 2 atom stereocenters. The van der Waals surface area contributed by atoms with Crippen molar-refractivity contribution in [2.24, 2.45) is 0 Å². The molecule has 2 aliphatic heterocycles. The van der Waals surface area contributed by atoms with E-state index in [-0.39, 0.29) is 0 Å². The van der Waals surface area contributed by atoms with Gasteiger partial charge in [0.15, 0.2) is 0 Å². The van der Waals surface area contributed by atoms with Gasteiger partial charge in [0.05, 0.1) is 6.61 Å². The fourth-order valence-electron chi connectivity index (χ4n) is 3.06. The molecule has 0 amide bonds. The second-order valence-electron chi connectivity index (χ2n) is 5.08. The summed E-state index contributed by atoms with van der Waals surface area (Å²) in [6, 6.07) is 1.25. The van der Waals surface area contributed by atoms with Gasteiger partial charge in [0.2, 0.25) is 0 Å². The third kappa shape index (κ3) is 2.71. The Labute approximate surface area is 93.1 Å². The summed E-state index contributed by atoms with van der Waals surface area (Å²) >= 11 is 0. The molecule has 0 bridgehead atoms. The summed E-state index contributed by atoms with van der Waals surface area (Å²) in [5, 5.41) is 9.23. The van der Waals surface area contributed by atoms with Crippen LogP contribution < -0.4 is 0 Å². The van der Waals surface area contributed by atoms with Crippen LogP contribution in [0.5, 0.6) is 0 Å². The maximum Gasteiger partial charge on any atom is 0.0586 e. The van der Waals surface area contributed by atoms with Gasteiger partial charge >= 0.3 is 0 Å². The van der Waals surface area contributed by atoms with E-state index in [1.165, 1.54) is 51.7 Å². The molecule has 2 rings (SSSR count). The summed E-state index contributed by atoms with van der Waals surface area (Å²) in [5.41, 5.74) is 0. The van der Waals surface area contributed by atoms with E-state index in [1.54, 1.807) is 0 Å². The van der Waals surface area contributed by atoms with Gasteiger partial charge in [-0.3, -0.25) is 4.90 Å². The summed E-state index contributed by atoms with van der Waals surface area (Å²) < 4.78 is 0. The molecule has 1 N–H and O–H groups in total. The van der Waals surface area contributed by atoms with E-state index in [9.17, 15) is 5.11 Å². The average Bonchev–Trinajstić information content (AvgIpc) is 2.83. The van der Waals surface area contributed by atoms with Gasteiger partial charge in [0.1, 0.15) is 0 Å². The van der Waals surface area contributed by atoms with Crippen LogP contribution in [0.25, 0.3) is 0 Å². The standard InChI is InChI=1S/C12H24N2O/c1-13-7-2-4-11(13)6-9-14-8-3-5-12(14)10-15/h11-12,15H,2-10H2,1H3/t11-,12-/m0/s1. The van der Waals surface area contributed by atoms with Crippen LogP contribution in [0.15, 0.2) is 0 Å². The Morgan fingerprint density at radius 3 is 2.53 bits per heavy atom. The SMILES string of the molecule is CN1CCC[C@H]1CCN1CCC[C@H]1CO. The lowest BCUT2D eigenvalue weighted by Crippen LogP contribution is -2.36. The minimum absolute atomic E-state index is 0.348. The van der Waals surface area contributed by atoms with Crippen molar-refractivity contribution < 1.29 is 5.11 Å². The van der Waals surface area contributed by atoms with Gasteiger partial charge in [-0.15, -0.1) is 0 Å². The molecule has 0 aromatic rings. The van der Waals surface area contributed by atoms with E-state index in [1.807, 2.05) is 0 Å². The Balaban J connectivity index is 1.72. The minimum atomic E-state index is 0.348. The van der Waals surface area contributed by atoms with Crippen LogP contribution in [-0.2, 0) is 0 Å². The summed E-state index contributed by atoms with van der Waals surface area (Å²) in [6.45, 7) is 4.00. The van der Waals surface area contributed by atoms with Crippen LogP contribution in [0.2, 0.25) is 0 Å². The molecule has 0 saturated carbocycles. The Morgan fingerprint density at radius 1 is 1.13 bits per heavy atom. The van der Waals surface area contributed by atoms with Crippen molar-refractivity contribution in [2.75, 3.05) is 33.3 Å². The second kappa shape index (κ2) is 5.28. The van der Waals surface area contributed by atoms with Crippen LogP contribution in [0.4, 0.5) is 0 Å². The van der Waals surface area contributed by atoms with Gasteiger partial charge in [0.25, 0.3) is 0 Å². The van der Waals surface area contributed by atoms with E-state index in [0.29, 0.717) is 12.6 Å². The monoisotopic (exact) mass is 212 g/mol. The predicted octanol–water partition coefficient (Wildman–Crippen LogP) is 0.927. The van der Waals surface area contributed by atoms with Gasteiger partial charge in [-0.05, 0) is 52.2 Å². The van der Waals surface area contributed by atoms with Crippen molar-refractivity contribution in [3.8, 4) is 0 Å². The molecule has 2 aliphatic rings. The molecule has 0 aromatic carbocycles.